The fourth-order valence-electron chi connectivity index (χ4n) is 6.52. The molecule has 4 N–H and O–H groups in total. The monoisotopic (exact) mass is 606 g/mol. The molecule has 0 spiro atoms. The Hall–Kier alpha value is -3.22. The topological polar surface area (TPSA) is 131 Å². The molecular weight excluding hydrogens is 556 g/mol. The lowest BCUT2D eigenvalue weighted by Gasteiger charge is -2.33. The van der Waals surface area contributed by atoms with Crippen molar-refractivity contribution in [2.45, 2.75) is 108 Å². The number of hydrogen-bond acceptors (Lipinski definition) is 6. The fourth-order valence-corrected chi connectivity index (χ4v) is 6.52. The maximum Gasteiger partial charge on any atom is 0.242 e. The first-order chi connectivity index (χ1) is 21.4. The third-order valence-corrected chi connectivity index (χ3v) is 9.34. The van der Waals surface area contributed by atoms with Gasteiger partial charge in [-0.05, 0) is 55.9 Å². The SMILES string of the molecule is C#CCC[C@H](NC(=O)[C@@H](CC(=O)N1CCC=NCC1)Cc1ccccc1)C(=O)N[C@@H](CC1CCCCC1)[C@@H](O)[C@@H](O)C1CC1. The highest BCUT2D eigenvalue weighted by Crippen LogP contribution is 2.36. The zero-order chi connectivity index (χ0) is 31.3. The number of nitrogens with zero attached hydrogens (tertiary/aromatic N) is 2. The van der Waals surface area contributed by atoms with Crippen LogP contribution in [0.1, 0.15) is 82.6 Å². The Bertz CT molecular complexity index is 1130. The maximum atomic E-state index is 13.8. The number of aliphatic imine (C=N–C) groups is 1. The number of terminal acetylenes is 1. The summed E-state index contributed by atoms with van der Waals surface area (Å²) in [5, 5.41) is 27.9. The summed E-state index contributed by atoms with van der Waals surface area (Å²) in [5.41, 5.74) is 0.925. The summed E-state index contributed by atoms with van der Waals surface area (Å²) in [6, 6.07) is 7.99. The van der Waals surface area contributed by atoms with Gasteiger partial charge in [0.15, 0.2) is 0 Å². The average Bonchev–Trinajstić information content (AvgIpc) is 3.91. The second-order valence-corrected chi connectivity index (χ2v) is 12.8. The zero-order valence-corrected chi connectivity index (χ0v) is 25.9. The van der Waals surface area contributed by atoms with E-state index in [0.29, 0.717) is 44.8 Å². The molecule has 0 unspecified atom stereocenters. The van der Waals surface area contributed by atoms with Crippen LogP contribution in [0.15, 0.2) is 35.3 Å². The van der Waals surface area contributed by atoms with Crippen molar-refractivity contribution in [1.29, 1.82) is 0 Å². The lowest BCUT2D eigenvalue weighted by molar-refractivity contribution is -0.137. The van der Waals surface area contributed by atoms with Crippen molar-refractivity contribution in [3.05, 3.63) is 35.9 Å². The molecule has 0 saturated heterocycles. The molecule has 2 aliphatic carbocycles. The van der Waals surface area contributed by atoms with E-state index in [2.05, 4.69) is 21.5 Å². The average molecular weight is 607 g/mol. The second kappa shape index (κ2) is 17.3. The van der Waals surface area contributed by atoms with Crippen molar-refractivity contribution in [1.82, 2.24) is 15.5 Å². The number of aliphatic hydroxyl groups is 2. The van der Waals surface area contributed by atoms with E-state index in [0.717, 1.165) is 44.1 Å². The quantitative estimate of drug-likeness (QED) is 0.228. The van der Waals surface area contributed by atoms with Gasteiger partial charge in [-0.1, -0.05) is 62.4 Å². The molecule has 9 heteroatoms. The molecule has 5 atom stereocenters. The highest BCUT2D eigenvalue weighted by molar-refractivity contribution is 5.91. The van der Waals surface area contributed by atoms with E-state index in [1.165, 1.54) is 6.42 Å². The zero-order valence-electron chi connectivity index (χ0n) is 25.9. The van der Waals surface area contributed by atoms with Crippen LogP contribution in [-0.4, -0.2) is 83.0 Å². The number of rotatable bonds is 15. The van der Waals surface area contributed by atoms with Gasteiger partial charge in [-0.25, -0.2) is 0 Å². The number of amides is 3. The molecule has 1 aromatic carbocycles. The molecule has 4 rings (SSSR count). The first kappa shape index (κ1) is 33.7. The predicted octanol–water partition coefficient (Wildman–Crippen LogP) is 3.02. The van der Waals surface area contributed by atoms with Crippen molar-refractivity contribution in [2.24, 2.45) is 22.7 Å². The normalized spacial score (nSPS) is 20.8. The Kier molecular flexibility index (Phi) is 13.2. The Labute approximate surface area is 262 Å². The minimum atomic E-state index is -1.08. The number of hydrogen-bond donors (Lipinski definition) is 4. The van der Waals surface area contributed by atoms with Crippen LogP contribution in [0.2, 0.25) is 0 Å². The van der Waals surface area contributed by atoms with Gasteiger partial charge >= 0.3 is 0 Å². The van der Waals surface area contributed by atoms with Crippen LogP contribution < -0.4 is 10.6 Å². The summed E-state index contributed by atoms with van der Waals surface area (Å²) in [7, 11) is 0. The standard InChI is InChI=1S/C35H50N4O5/c1-2-3-15-29(35(44)38-30(23-26-13-8-5-9-14-26)33(42)32(41)27-16-17-27)37-34(43)28(22-25-11-6-4-7-12-25)24-31(40)39-20-10-18-36-19-21-39/h1,4,6-7,11-12,18,26-30,32-33,41-42H,3,5,8-10,13-17,19-24H2,(H,37,43)(H,38,44)/t28-,29+,30+,32+,33-/m1/s1. The van der Waals surface area contributed by atoms with Crippen molar-refractivity contribution in [2.75, 3.05) is 19.6 Å². The number of carbonyl (C=O) groups excluding carboxylic acids is 3. The third kappa shape index (κ3) is 10.4. The van der Waals surface area contributed by atoms with Crippen LogP contribution in [0.4, 0.5) is 0 Å². The second-order valence-electron chi connectivity index (χ2n) is 12.8. The maximum absolute atomic E-state index is 13.8. The summed E-state index contributed by atoms with van der Waals surface area (Å²) in [5.74, 6) is 1.38. The van der Waals surface area contributed by atoms with Crippen molar-refractivity contribution < 1.29 is 24.6 Å². The van der Waals surface area contributed by atoms with Crippen LogP contribution in [0.3, 0.4) is 0 Å². The summed E-state index contributed by atoms with van der Waals surface area (Å²) in [4.78, 5) is 46.9. The molecule has 9 nitrogen and oxygen atoms in total. The van der Waals surface area contributed by atoms with Gasteiger partial charge in [-0.3, -0.25) is 19.4 Å². The Morgan fingerprint density at radius 1 is 1.00 bits per heavy atom. The highest BCUT2D eigenvalue weighted by Gasteiger charge is 2.40. The molecule has 0 bridgehead atoms. The third-order valence-electron chi connectivity index (χ3n) is 9.34. The largest absolute Gasteiger partial charge is 0.390 e. The predicted molar refractivity (Wildman–Crippen MR) is 171 cm³/mol. The smallest absolute Gasteiger partial charge is 0.242 e. The van der Waals surface area contributed by atoms with Gasteiger partial charge in [-0.2, -0.15) is 0 Å². The molecule has 0 aromatic heterocycles. The molecule has 0 radical (unpaired) electrons. The van der Waals surface area contributed by atoms with Crippen LogP contribution in [0.5, 0.6) is 0 Å². The lowest BCUT2D eigenvalue weighted by Crippen LogP contribution is -2.56. The van der Waals surface area contributed by atoms with Gasteiger partial charge in [0.05, 0.1) is 24.6 Å². The van der Waals surface area contributed by atoms with Gasteiger partial charge in [-0.15, -0.1) is 12.3 Å². The molecular formula is C35H50N4O5. The Morgan fingerprint density at radius 2 is 1.75 bits per heavy atom. The summed E-state index contributed by atoms with van der Waals surface area (Å²) >= 11 is 0. The number of nitrogens with one attached hydrogen (secondary N) is 2. The van der Waals surface area contributed by atoms with Crippen LogP contribution in [-0.2, 0) is 20.8 Å². The molecule has 1 aliphatic heterocycles. The fraction of sp³-hybridized carbons (Fsp3) is 0.657. The lowest BCUT2D eigenvalue weighted by atomic mass is 9.82. The molecule has 3 amide bonds. The van der Waals surface area contributed by atoms with E-state index in [1.54, 1.807) is 4.90 Å². The summed E-state index contributed by atoms with van der Waals surface area (Å²) in [6.45, 7) is 1.62. The van der Waals surface area contributed by atoms with Crippen molar-refractivity contribution in [3.8, 4) is 12.3 Å². The molecule has 44 heavy (non-hydrogen) atoms. The van der Waals surface area contributed by atoms with Crippen LogP contribution >= 0.6 is 0 Å². The van der Waals surface area contributed by atoms with E-state index in [9.17, 15) is 24.6 Å². The van der Waals surface area contributed by atoms with Gasteiger partial charge in [0.25, 0.3) is 0 Å². The summed E-state index contributed by atoms with van der Waals surface area (Å²) < 4.78 is 0. The van der Waals surface area contributed by atoms with E-state index < -0.39 is 36.1 Å². The number of carbonyl (C=O) groups is 3. The number of aliphatic hydroxyl groups excluding tert-OH is 2. The minimum absolute atomic E-state index is 0.0147. The molecule has 1 heterocycles. The van der Waals surface area contributed by atoms with Crippen molar-refractivity contribution in [3.63, 3.8) is 0 Å². The molecule has 2 fully saturated rings. The minimum Gasteiger partial charge on any atom is -0.390 e. The molecule has 240 valence electrons. The Balaban J connectivity index is 1.47. The molecule has 2 saturated carbocycles. The first-order valence-corrected chi connectivity index (χ1v) is 16.6. The van der Waals surface area contributed by atoms with Crippen LogP contribution in [0.25, 0.3) is 0 Å². The van der Waals surface area contributed by atoms with E-state index in [1.807, 2.05) is 36.5 Å². The highest BCUT2D eigenvalue weighted by atomic mass is 16.3. The Morgan fingerprint density at radius 3 is 2.45 bits per heavy atom. The molecule has 3 aliphatic rings. The summed E-state index contributed by atoms with van der Waals surface area (Å²) in [6.07, 6.45) is 14.8. The van der Waals surface area contributed by atoms with Crippen molar-refractivity contribution >= 4 is 23.9 Å². The van der Waals surface area contributed by atoms with Gasteiger partial charge in [0, 0.05) is 32.1 Å². The van der Waals surface area contributed by atoms with E-state index >= 15 is 0 Å². The van der Waals surface area contributed by atoms with Crippen LogP contribution in [0, 0.1) is 30.1 Å². The van der Waals surface area contributed by atoms with Gasteiger partial charge in [0.2, 0.25) is 17.7 Å². The van der Waals surface area contributed by atoms with E-state index in [4.69, 9.17) is 6.42 Å². The first-order valence-electron chi connectivity index (χ1n) is 16.6. The number of benzene rings is 1. The van der Waals surface area contributed by atoms with Gasteiger partial charge < -0.3 is 25.7 Å². The van der Waals surface area contributed by atoms with Gasteiger partial charge in [0.1, 0.15) is 12.1 Å². The molecule has 1 aromatic rings. The van der Waals surface area contributed by atoms with E-state index in [-0.39, 0.29) is 37.0 Å².